The van der Waals surface area contributed by atoms with Crippen molar-refractivity contribution >= 4 is 17.7 Å². The van der Waals surface area contributed by atoms with Gasteiger partial charge in [-0.3, -0.25) is 9.59 Å². The van der Waals surface area contributed by atoms with Gasteiger partial charge in [-0.25, -0.2) is 4.79 Å². The minimum atomic E-state index is -0.991. The molecule has 1 aliphatic heterocycles. The highest BCUT2D eigenvalue weighted by molar-refractivity contribution is 6.04. The number of carbonyl (C=O) groups excluding carboxylic acids is 2. The average molecular weight is 319 g/mol. The molecule has 23 heavy (non-hydrogen) atoms. The van der Waals surface area contributed by atoms with Crippen LogP contribution in [0.2, 0.25) is 0 Å². The number of hydrogen-bond donors (Lipinski definition) is 1. The van der Waals surface area contributed by atoms with Crippen LogP contribution in [0, 0.1) is 12.8 Å². The number of ketones is 1. The van der Waals surface area contributed by atoms with Crippen LogP contribution in [-0.4, -0.2) is 40.3 Å². The van der Waals surface area contributed by atoms with Gasteiger partial charge in [0.2, 0.25) is 0 Å². The van der Waals surface area contributed by atoms with Gasteiger partial charge < -0.3 is 14.4 Å². The fraction of sp³-hybridized carbons (Fsp3) is 0.588. The second kappa shape index (κ2) is 5.83. The Kier molecular flexibility index (Phi) is 4.00. The number of rotatable bonds is 2. The summed E-state index contributed by atoms with van der Waals surface area (Å²) in [5.74, 6) is -0.425. The maximum absolute atomic E-state index is 12.8. The number of carbonyl (C=O) groups is 3. The number of hydrogen-bond acceptors (Lipinski definition) is 4. The molecule has 2 heterocycles. The Labute approximate surface area is 134 Å². The Balaban J connectivity index is 1.94. The lowest BCUT2D eigenvalue weighted by Crippen LogP contribution is -2.49. The molecule has 1 saturated heterocycles. The highest BCUT2D eigenvalue weighted by Crippen LogP contribution is 2.32. The molecule has 0 aromatic carbocycles. The fourth-order valence-electron chi connectivity index (χ4n) is 3.60. The monoisotopic (exact) mass is 319 g/mol. The molecule has 0 radical (unpaired) electrons. The maximum atomic E-state index is 12.8. The SMILES string of the molecule is Cc1c(C(=O)N2CCC(C)CC2C(=O)O)oc2c1C(=O)CCC2. The van der Waals surface area contributed by atoms with Crippen LogP contribution in [0.5, 0.6) is 0 Å². The number of furan rings is 1. The number of amides is 1. The first-order valence-electron chi connectivity index (χ1n) is 8.09. The smallest absolute Gasteiger partial charge is 0.326 e. The molecule has 0 bridgehead atoms. The first-order valence-corrected chi connectivity index (χ1v) is 8.09. The normalized spacial score (nSPS) is 24.4. The average Bonchev–Trinajstić information content (AvgIpc) is 2.85. The van der Waals surface area contributed by atoms with Gasteiger partial charge in [-0.1, -0.05) is 6.92 Å². The second-order valence-corrected chi connectivity index (χ2v) is 6.61. The molecule has 0 spiro atoms. The van der Waals surface area contributed by atoms with Crippen molar-refractivity contribution in [3.05, 3.63) is 22.6 Å². The lowest BCUT2D eigenvalue weighted by atomic mass is 9.91. The van der Waals surface area contributed by atoms with Gasteiger partial charge in [-0.05, 0) is 32.1 Å². The first kappa shape index (κ1) is 15.8. The van der Waals surface area contributed by atoms with Gasteiger partial charge in [0.25, 0.3) is 5.91 Å². The first-order chi connectivity index (χ1) is 10.9. The van der Waals surface area contributed by atoms with Crippen LogP contribution >= 0.6 is 0 Å². The molecule has 2 unspecified atom stereocenters. The van der Waals surface area contributed by atoms with Crippen molar-refractivity contribution in [2.24, 2.45) is 5.92 Å². The number of likely N-dealkylation sites (tertiary alicyclic amines) is 1. The zero-order valence-corrected chi connectivity index (χ0v) is 13.4. The zero-order valence-electron chi connectivity index (χ0n) is 13.4. The van der Waals surface area contributed by atoms with E-state index in [0.29, 0.717) is 42.7 Å². The van der Waals surface area contributed by atoms with Crippen LogP contribution in [0.25, 0.3) is 0 Å². The van der Waals surface area contributed by atoms with E-state index in [-0.39, 0.29) is 17.5 Å². The van der Waals surface area contributed by atoms with Crippen LogP contribution in [0.3, 0.4) is 0 Å². The lowest BCUT2D eigenvalue weighted by molar-refractivity contribution is -0.144. The summed E-state index contributed by atoms with van der Waals surface area (Å²) in [6, 6.07) is -0.830. The molecule has 6 nitrogen and oxygen atoms in total. The van der Waals surface area contributed by atoms with E-state index in [9.17, 15) is 19.5 Å². The van der Waals surface area contributed by atoms with Crippen molar-refractivity contribution in [2.45, 2.75) is 52.0 Å². The van der Waals surface area contributed by atoms with Gasteiger partial charge in [0, 0.05) is 24.9 Å². The van der Waals surface area contributed by atoms with Gasteiger partial charge in [0.15, 0.2) is 11.5 Å². The quantitative estimate of drug-likeness (QED) is 0.904. The Morgan fingerprint density at radius 3 is 2.70 bits per heavy atom. The van der Waals surface area contributed by atoms with Gasteiger partial charge in [0.1, 0.15) is 11.8 Å². The molecule has 1 fully saturated rings. The van der Waals surface area contributed by atoms with Gasteiger partial charge >= 0.3 is 5.97 Å². The molecule has 1 aromatic rings. The van der Waals surface area contributed by atoms with E-state index < -0.39 is 17.9 Å². The predicted molar refractivity (Wildman–Crippen MR) is 81.6 cm³/mol. The molecule has 1 aromatic heterocycles. The van der Waals surface area contributed by atoms with Crippen molar-refractivity contribution in [3.63, 3.8) is 0 Å². The molecule has 124 valence electrons. The molecule has 3 rings (SSSR count). The third-order valence-electron chi connectivity index (χ3n) is 4.91. The van der Waals surface area contributed by atoms with E-state index >= 15 is 0 Å². The summed E-state index contributed by atoms with van der Waals surface area (Å²) in [7, 11) is 0. The van der Waals surface area contributed by atoms with Crippen molar-refractivity contribution < 1.29 is 23.9 Å². The molecule has 2 aliphatic rings. The van der Waals surface area contributed by atoms with Crippen molar-refractivity contribution in [1.29, 1.82) is 0 Å². The summed E-state index contributed by atoms with van der Waals surface area (Å²) in [6.07, 6.45) is 3.06. The molecular formula is C17H21NO5. The topological polar surface area (TPSA) is 87.8 Å². The van der Waals surface area contributed by atoms with Crippen LogP contribution < -0.4 is 0 Å². The highest BCUT2D eigenvalue weighted by atomic mass is 16.4. The largest absolute Gasteiger partial charge is 0.480 e. The predicted octanol–water partition coefficient (Wildman–Crippen LogP) is 2.43. The van der Waals surface area contributed by atoms with Crippen molar-refractivity contribution in [1.82, 2.24) is 4.90 Å². The minimum Gasteiger partial charge on any atom is -0.480 e. The zero-order chi connectivity index (χ0) is 16.7. The number of carboxylic acid groups (broad SMARTS) is 1. The summed E-state index contributed by atoms with van der Waals surface area (Å²) >= 11 is 0. The van der Waals surface area contributed by atoms with E-state index in [4.69, 9.17) is 4.42 Å². The van der Waals surface area contributed by atoms with Crippen LogP contribution in [-0.2, 0) is 11.2 Å². The molecule has 1 aliphatic carbocycles. The summed E-state index contributed by atoms with van der Waals surface area (Å²) in [5, 5.41) is 9.42. The van der Waals surface area contributed by atoms with Crippen molar-refractivity contribution in [2.75, 3.05) is 6.54 Å². The van der Waals surface area contributed by atoms with E-state index in [1.165, 1.54) is 4.90 Å². The lowest BCUT2D eigenvalue weighted by Gasteiger charge is -2.35. The summed E-state index contributed by atoms with van der Waals surface area (Å²) in [6.45, 7) is 4.10. The Morgan fingerprint density at radius 1 is 1.30 bits per heavy atom. The summed E-state index contributed by atoms with van der Waals surface area (Å²) in [4.78, 5) is 37.8. The third-order valence-corrected chi connectivity index (χ3v) is 4.91. The number of carboxylic acids is 1. The highest BCUT2D eigenvalue weighted by Gasteiger charge is 2.38. The third kappa shape index (κ3) is 2.66. The molecule has 1 amide bonds. The van der Waals surface area contributed by atoms with E-state index in [1.54, 1.807) is 6.92 Å². The Bertz CT molecular complexity index is 675. The van der Waals surface area contributed by atoms with Gasteiger partial charge in [-0.2, -0.15) is 0 Å². The molecule has 0 saturated carbocycles. The fourth-order valence-corrected chi connectivity index (χ4v) is 3.60. The minimum absolute atomic E-state index is 0.00796. The molecule has 1 N–H and O–H groups in total. The Hall–Kier alpha value is -2.11. The number of Topliss-reactive ketones (excluding diaryl/α,β-unsaturated/α-hetero) is 1. The molecule has 2 atom stereocenters. The van der Waals surface area contributed by atoms with Crippen LogP contribution in [0.1, 0.15) is 64.8 Å². The van der Waals surface area contributed by atoms with Gasteiger partial charge in [0.05, 0.1) is 5.56 Å². The Morgan fingerprint density at radius 2 is 2.04 bits per heavy atom. The standard InChI is InChI=1S/C17H21NO5/c1-9-6-7-18(11(8-9)17(21)22)16(20)15-10(2)14-12(19)4-3-5-13(14)23-15/h9,11H,3-8H2,1-2H3,(H,21,22). The number of aliphatic carboxylic acids is 1. The second-order valence-electron chi connectivity index (χ2n) is 6.61. The molecular weight excluding hydrogens is 298 g/mol. The molecule has 6 heteroatoms. The van der Waals surface area contributed by atoms with Crippen molar-refractivity contribution in [3.8, 4) is 0 Å². The van der Waals surface area contributed by atoms with Crippen LogP contribution in [0.15, 0.2) is 4.42 Å². The maximum Gasteiger partial charge on any atom is 0.326 e. The number of nitrogens with zero attached hydrogens (tertiary/aromatic N) is 1. The van der Waals surface area contributed by atoms with E-state index in [0.717, 1.165) is 12.8 Å². The van der Waals surface area contributed by atoms with E-state index in [1.807, 2.05) is 6.92 Å². The summed E-state index contributed by atoms with van der Waals surface area (Å²) < 4.78 is 5.67. The number of aryl methyl sites for hydroxylation is 1. The van der Waals surface area contributed by atoms with Crippen LogP contribution in [0.4, 0.5) is 0 Å². The summed E-state index contributed by atoms with van der Waals surface area (Å²) in [5.41, 5.74) is 1.08. The number of fused-ring (bicyclic) bond motifs is 1. The van der Waals surface area contributed by atoms with E-state index in [2.05, 4.69) is 0 Å². The number of piperidine rings is 1. The van der Waals surface area contributed by atoms with Gasteiger partial charge in [-0.15, -0.1) is 0 Å².